The third-order valence-corrected chi connectivity index (χ3v) is 5.11. The number of likely N-dealkylation sites (tertiary alicyclic amines) is 1. The summed E-state index contributed by atoms with van der Waals surface area (Å²) < 4.78 is 34.8. The van der Waals surface area contributed by atoms with Crippen LogP contribution < -0.4 is 4.74 Å². The Morgan fingerprint density at radius 1 is 1.27 bits per heavy atom. The van der Waals surface area contributed by atoms with E-state index in [0.717, 1.165) is 12.1 Å². The van der Waals surface area contributed by atoms with Crippen molar-refractivity contribution in [2.75, 3.05) is 19.7 Å². The molecule has 2 aliphatic heterocycles. The highest BCUT2D eigenvalue weighted by Crippen LogP contribution is 2.40. The molecule has 0 unspecified atom stereocenters. The zero-order valence-electron chi connectivity index (χ0n) is 14.1. The molecule has 0 saturated carbocycles. The van der Waals surface area contributed by atoms with Crippen molar-refractivity contribution < 1.29 is 23.0 Å². The lowest BCUT2D eigenvalue weighted by molar-refractivity contribution is -0.0962. The van der Waals surface area contributed by atoms with Crippen molar-refractivity contribution in [1.82, 2.24) is 15.1 Å². The molecule has 26 heavy (non-hydrogen) atoms. The molecule has 0 bridgehead atoms. The lowest BCUT2D eigenvalue weighted by Crippen LogP contribution is -2.48. The SMILES string of the molecule is O=C(c1ccc(OC(F)F)cc1)N1CCC2(CC1)OCCc1cn[nH]c12. The third-order valence-electron chi connectivity index (χ3n) is 5.11. The van der Waals surface area contributed by atoms with Gasteiger partial charge in [-0.25, -0.2) is 0 Å². The molecule has 1 aromatic heterocycles. The number of fused-ring (bicyclic) bond motifs is 2. The summed E-state index contributed by atoms with van der Waals surface area (Å²) in [5.74, 6) is -0.0828. The van der Waals surface area contributed by atoms with E-state index in [1.54, 1.807) is 4.90 Å². The van der Waals surface area contributed by atoms with Gasteiger partial charge in [0.1, 0.15) is 11.4 Å². The van der Waals surface area contributed by atoms with Gasteiger partial charge in [-0.15, -0.1) is 0 Å². The Morgan fingerprint density at radius 2 is 2.00 bits per heavy atom. The van der Waals surface area contributed by atoms with E-state index in [-0.39, 0.29) is 11.7 Å². The predicted octanol–water partition coefficient (Wildman–Crippen LogP) is 2.72. The van der Waals surface area contributed by atoms with Crippen LogP contribution in [0.3, 0.4) is 0 Å². The summed E-state index contributed by atoms with van der Waals surface area (Å²) in [5, 5.41) is 7.20. The molecular weight excluding hydrogens is 344 g/mol. The van der Waals surface area contributed by atoms with E-state index in [2.05, 4.69) is 14.9 Å². The summed E-state index contributed by atoms with van der Waals surface area (Å²) in [7, 11) is 0. The highest BCUT2D eigenvalue weighted by molar-refractivity contribution is 5.94. The maximum Gasteiger partial charge on any atom is 0.387 e. The summed E-state index contributed by atoms with van der Waals surface area (Å²) in [4.78, 5) is 14.4. The quantitative estimate of drug-likeness (QED) is 0.911. The van der Waals surface area contributed by atoms with E-state index >= 15 is 0 Å². The smallest absolute Gasteiger partial charge is 0.387 e. The topological polar surface area (TPSA) is 67.4 Å². The molecule has 3 heterocycles. The van der Waals surface area contributed by atoms with Crippen molar-refractivity contribution in [1.29, 1.82) is 0 Å². The van der Waals surface area contributed by atoms with Gasteiger partial charge in [-0.3, -0.25) is 9.89 Å². The summed E-state index contributed by atoms with van der Waals surface area (Å²) in [6, 6.07) is 5.78. The number of ether oxygens (including phenoxy) is 2. The highest BCUT2D eigenvalue weighted by atomic mass is 19.3. The molecule has 1 spiro atoms. The molecule has 1 saturated heterocycles. The first kappa shape index (κ1) is 17.0. The molecule has 138 valence electrons. The molecule has 1 amide bonds. The Bertz CT molecular complexity index is 783. The number of aromatic amines is 1. The largest absolute Gasteiger partial charge is 0.435 e. The first-order valence-electron chi connectivity index (χ1n) is 8.58. The Morgan fingerprint density at radius 3 is 2.69 bits per heavy atom. The van der Waals surface area contributed by atoms with Crippen LogP contribution in [0.5, 0.6) is 5.75 Å². The molecule has 8 heteroatoms. The maximum atomic E-state index is 12.7. The van der Waals surface area contributed by atoms with Gasteiger partial charge in [0.05, 0.1) is 18.5 Å². The number of hydrogen-bond donors (Lipinski definition) is 1. The monoisotopic (exact) mass is 363 g/mol. The van der Waals surface area contributed by atoms with Gasteiger partial charge in [0.15, 0.2) is 0 Å². The Labute approximate surface area is 149 Å². The predicted molar refractivity (Wildman–Crippen MR) is 88.1 cm³/mol. The van der Waals surface area contributed by atoms with Gasteiger partial charge in [-0.05, 0) is 49.1 Å². The van der Waals surface area contributed by atoms with Crippen molar-refractivity contribution in [3.8, 4) is 5.75 Å². The number of aromatic nitrogens is 2. The number of benzene rings is 1. The fourth-order valence-electron chi connectivity index (χ4n) is 3.75. The van der Waals surface area contributed by atoms with Crippen LogP contribution in [0, 0.1) is 0 Å². The fourth-order valence-corrected chi connectivity index (χ4v) is 3.75. The lowest BCUT2D eigenvalue weighted by Gasteiger charge is -2.43. The van der Waals surface area contributed by atoms with Gasteiger partial charge in [0.2, 0.25) is 0 Å². The van der Waals surface area contributed by atoms with E-state index < -0.39 is 12.2 Å². The molecule has 0 radical (unpaired) electrons. The first-order valence-corrected chi connectivity index (χ1v) is 8.58. The number of amides is 1. The molecule has 2 aromatic rings. The number of carbonyl (C=O) groups excluding carboxylic acids is 1. The van der Waals surface area contributed by atoms with Crippen LogP contribution in [0.2, 0.25) is 0 Å². The number of nitrogens with one attached hydrogen (secondary N) is 1. The minimum absolute atomic E-state index is 0.0385. The molecule has 1 N–H and O–H groups in total. The van der Waals surface area contributed by atoms with Crippen LogP contribution in [0.1, 0.15) is 34.5 Å². The standard InChI is InChI=1S/C18H19F2N3O3/c19-17(20)26-14-3-1-12(2-4-14)16(24)23-8-6-18(7-9-23)15-13(5-10-25-18)11-21-22-15/h1-4,11,17H,5-10H2,(H,21,22). The molecule has 0 atom stereocenters. The number of H-pyrrole nitrogens is 1. The highest BCUT2D eigenvalue weighted by Gasteiger charge is 2.43. The molecule has 2 aliphatic rings. The van der Waals surface area contributed by atoms with Crippen LogP contribution >= 0.6 is 0 Å². The van der Waals surface area contributed by atoms with Crippen molar-refractivity contribution in [3.63, 3.8) is 0 Å². The van der Waals surface area contributed by atoms with E-state index in [1.165, 1.54) is 29.8 Å². The van der Waals surface area contributed by atoms with Gasteiger partial charge in [0.25, 0.3) is 5.91 Å². The molecule has 6 nitrogen and oxygen atoms in total. The van der Waals surface area contributed by atoms with Crippen molar-refractivity contribution in [3.05, 3.63) is 47.3 Å². The Hall–Kier alpha value is -2.48. The molecule has 4 rings (SSSR count). The second-order valence-corrected chi connectivity index (χ2v) is 6.56. The van der Waals surface area contributed by atoms with Crippen LogP contribution in [0.15, 0.2) is 30.5 Å². The summed E-state index contributed by atoms with van der Waals surface area (Å²) in [6.07, 6.45) is 4.09. The fraction of sp³-hybridized carbons (Fsp3) is 0.444. The summed E-state index contributed by atoms with van der Waals surface area (Å²) >= 11 is 0. The van der Waals surface area contributed by atoms with Gasteiger partial charge in [-0.2, -0.15) is 13.9 Å². The third kappa shape index (κ3) is 3.05. The number of carbonyl (C=O) groups is 1. The van der Waals surface area contributed by atoms with E-state index in [9.17, 15) is 13.6 Å². The molecule has 0 aliphatic carbocycles. The maximum absolute atomic E-state index is 12.7. The van der Waals surface area contributed by atoms with Crippen LogP contribution in [-0.2, 0) is 16.8 Å². The van der Waals surface area contributed by atoms with Crippen molar-refractivity contribution >= 4 is 5.91 Å². The average molecular weight is 363 g/mol. The number of alkyl halides is 2. The summed E-state index contributed by atoms with van der Waals surface area (Å²) in [5.41, 5.74) is 2.28. The van der Waals surface area contributed by atoms with E-state index in [1.807, 2.05) is 6.20 Å². The average Bonchev–Trinajstić information content (AvgIpc) is 3.13. The second kappa shape index (κ2) is 6.68. The van der Waals surface area contributed by atoms with Crippen LogP contribution in [0.25, 0.3) is 0 Å². The number of hydrogen-bond acceptors (Lipinski definition) is 4. The Kier molecular flexibility index (Phi) is 4.36. The van der Waals surface area contributed by atoms with Crippen LogP contribution in [0.4, 0.5) is 8.78 Å². The normalized spacial score (nSPS) is 18.8. The summed E-state index contributed by atoms with van der Waals surface area (Å²) in [6.45, 7) is -1.09. The molecule has 1 aromatic carbocycles. The van der Waals surface area contributed by atoms with Gasteiger partial charge >= 0.3 is 6.61 Å². The lowest BCUT2D eigenvalue weighted by atomic mass is 9.83. The minimum Gasteiger partial charge on any atom is -0.435 e. The number of halogens is 2. The van der Waals surface area contributed by atoms with E-state index in [0.29, 0.717) is 38.1 Å². The Balaban J connectivity index is 1.43. The van der Waals surface area contributed by atoms with Crippen molar-refractivity contribution in [2.45, 2.75) is 31.5 Å². The molecular formula is C18H19F2N3O3. The zero-order chi connectivity index (χ0) is 18.1. The minimum atomic E-state index is -2.88. The van der Waals surface area contributed by atoms with Gasteiger partial charge < -0.3 is 14.4 Å². The van der Waals surface area contributed by atoms with Crippen LogP contribution in [-0.4, -0.2) is 47.3 Å². The number of piperidine rings is 1. The first-order chi connectivity index (χ1) is 12.6. The van der Waals surface area contributed by atoms with Gasteiger partial charge in [-0.1, -0.05) is 0 Å². The van der Waals surface area contributed by atoms with Gasteiger partial charge in [0, 0.05) is 18.7 Å². The zero-order valence-corrected chi connectivity index (χ0v) is 14.1. The van der Waals surface area contributed by atoms with E-state index in [4.69, 9.17) is 4.74 Å². The second-order valence-electron chi connectivity index (χ2n) is 6.56. The van der Waals surface area contributed by atoms with Crippen molar-refractivity contribution in [2.24, 2.45) is 0 Å². The number of rotatable bonds is 3. The molecule has 1 fully saturated rings. The number of nitrogens with zero attached hydrogens (tertiary/aromatic N) is 2.